The highest BCUT2D eigenvalue weighted by atomic mass is 32.2. The predicted molar refractivity (Wildman–Crippen MR) is 97.6 cm³/mol. The van der Waals surface area contributed by atoms with Crippen LogP contribution in [0.25, 0.3) is 10.9 Å². The van der Waals surface area contributed by atoms with Crippen molar-refractivity contribution in [1.82, 2.24) is 19.8 Å². The number of ether oxygens (including phenoxy) is 1. The lowest BCUT2D eigenvalue weighted by Gasteiger charge is -2.30. The first-order chi connectivity index (χ1) is 12.3. The van der Waals surface area contributed by atoms with Crippen LogP contribution in [0, 0.1) is 0 Å². The van der Waals surface area contributed by atoms with Gasteiger partial charge in [-0.3, -0.25) is 9.69 Å². The maximum Gasteiger partial charge on any atom is 0.232 e. The van der Waals surface area contributed by atoms with Gasteiger partial charge in [0.2, 0.25) is 5.91 Å². The second kappa shape index (κ2) is 7.68. The van der Waals surface area contributed by atoms with E-state index >= 15 is 0 Å². The molecule has 1 aromatic carbocycles. The van der Waals surface area contributed by atoms with Crippen molar-refractivity contribution in [1.29, 1.82) is 0 Å². The monoisotopic (exact) mass is 358 g/mol. The van der Waals surface area contributed by atoms with Gasteiger partial charge in [-0.2, -0.15) is 0 Å². The molecule has 0 radical (unpaired) electrons. The van der Waals surface area contributed by atoms with Crippen molar-refractivity contribution in [2.24, 2.45) is 0 Å². The summed E-state index contributed by atoms with van der Waals surface area (Å²) in [5.41, 5.74) is 0.944. The Balaban J connectivity index is 1.53. The van der Waals surface area contributed by atoms with Gasteiger partial charge >= 0.3 is 0 Å². The van der Waals surface area contributed by atoms with Gasteiger partial charge in [0.25, 0.3) is 0 Å². The van der Waals surface area contributed by atoms with E-state index in [1.54, 1.807) is 0 Å². The van der Waals surface area contributed by atoms with Crippen molar-refractivity contribution < 1.29 is 9.53 Å². The molecule has 2 fully saturated rings. The van der Waals surface area contributed by atoms with Crippen LogP contribution in [-0.4, -0.2) is 70.8 Å². The third-order valence-corrected chi connectivity index (χ3v) is 5.60. The van der Waals surface area contributed by atoms with Crippen LogP contribution in [0.2, 0.25) is 0 Å². The molecular formula is C18H22N4O2S. The number of carbonyl (C=O) groups excluding carboxylic acids is 1. The number of hydrogen-bond donors (Lipinski definition) is 0. The highest BCUT2D eigenvalue weighted by Gasteiger charge is 2.21. The van der Waals surface area contributed by atoms with Gasteiger partial charge in [0, 0.05) is 31.6 Å². The fourth-order valence-electron chi connectivity index (χ4n) is 3.02. The number of amides is 1. The number of rotatable bonds is 5. The molecule has 4 rings (SSSR count). The Bertz CT molecular complexity index is 760. The number of hydrogen-bond acceptors (Lipinski definition) is 6. The van der Waals surface area contributed by atoms with E-state index in [4.69, 9.17) is 14.7 Å². The summed E-state index contributed by atoms with van der Waals surface area (Å²) in [5.74, 6) is 1.46. The van der Waals surface area contributed by atoms with Crippen LogP contribution in [0.3, 0.4) is 0 Å². The van der Waals surface area contributed by atoms with E-state index in [2.05, 4.69) is 4.90 Å². The molecule has 0 bridgehead atoms. The van der Waals surface area contributed by atoms with Gasteiger partial charge in [-0.1, -0.05) is 30.0 Å². The van der Waals surface area contributed by atoms with Crippen LogP contribution in [0.15, 0.2) is 29.3 Å². The van der Waals surface area contributed by atoms with Crippen LogP contribution in [0.4, 0.5) is 0 Å². The number of aromatic nitrogens is 2. The van der Waals surface area contributed by atoms with E-state index in [1.807, 2.05) is 29.2 Å². The number of morpholine rings is 1. The van der Waals surface area contributed by atoms with Crippen LogP contribution in [0.5, 0.6) is 0 Å². The van der Waals surface area contributed by atoms with Crippen LogP contribution in [0.1, 0.15) is 12.2 Å². The van der Waals surface area contributed by atoms with Crippen molar-refractivity contribution in [2.45, 2.75) is 18.0 Å². The largest absolute Gasteiger partial charge is 0.379 e. The first kappa shape index (κ1) is 16.8. The lowest BCUT2D eigenvalue weighted by Crippen LogP contribution is -2.43. The molecule has 0 atom stereocenters. The maximum atomic E-state index is 12.2. The molecule has 1 aromatic heterocycles. The molecule has 0 saturated carbocycles. The number of benzene rings is 1. The summed E-state index contributed by atoms with van der Waals surface area (Å²) in [6.45, 7) is 5.86. The zero-order chi connectivity index (χ0) is 17.1. The van der Waals surface area contributed by atoms with Crippen molar-refractivity contribution in [2.75, 3.05) is 45.1 Å². The highest BCUT2D eigenvalue weighted by molar-refractivity contribution is 8.00. The Hall–Kier alpha value is -1.70. The van der Waals surface area contributed by atoms with E-state index < -0.39 is 0 Å². The number of fused-ring (bicyclic) bond motifs is 1. The molecule has 0 N–H and O–H groups in total. The molecule has 1 amide bonds. The first-order valence-electron chi connectivity index (χ1n) is 8.76. The van der Waals surface area contributed by atoms with E-state index in [0.717, 1.165) is 74.1 Å². The quantitative estimate of drug-likeness (QED) is 0.600. The van der Waals surface area contributed by atoms with Crippen molar-refractivity contribution in [3.63, 3.8) is 0 Å². The van der Waals surface area contributed by atoms with Gasteiger partial charge < -0.3 is 9.64 Å². The van der Waals surface area contributed by atoms with E-state index in [0.29, 0.717) is 5.75 Å². The number of carbonyl (C=O) groups is 1. The molecule has 25 heavy (non-hydrogen) atoms. The van der Waals surface area contributed by atoms with Gasteiger partial charge in [-0.15, -0.1) is 0 Å². The molecule has 6 nitrogen and oxygen atoms in total. The molecule has 132 valence electrons. The maximum absolute atomic E-state index is 12.2. The Morgan fingerprint density at radius 2 is 1.92 bits per heavy atom. The standard InChI is InChI=1S/C18H22N4O2S/c23-17(22-6-3-7-22)13-25-18-14-4-1-2-5-15(14)19-16(20-18)12-21-8-10-24-11-9-21/h1-2,4-5H,3,6-13H2. The molecule has 7 heteroatoms. The molecule has 0 spiro atoms. The first-order valence-corrected chi connectivity index (χ1v) is 9.74. The zero-order valence-corrected chi connectivity index (χ0v) is 15.0. The van der Waals surface area contributed by atoms with Crippen LogP contribution >= 0.6 is 11.8 Å². The third kappa shape index (κ3) is 3.94. The normalized spacial score (nSPS) is 18.3. The predicted octanol–water partition coefficient (Wildman–Crippen LogP) is 1.79. The topological polar surface area (TPSA) is 58.6 Å². The summed E-state index contributed by atoms with van der Waals surface area (Å²) in [6.07, 6.45) is 1.12. The lowest BCUT2D eigenvalue weighted by atomic mass is 10.2. The second-order valence-electron chi connectivity index (χ2n) is 6.37. The minimum Gasteiger partial charge on any atom is -0.379 e. The minimum atomic E-state index is 0.202. The van der Waals surface area contributed by atoms with Crippen molar-refractivity contribution >= 4 is 28.6 Å². The Kier molecular flexibility index (Phi) is 5.14. The fraction of sp³-hybridized carbons (Fsp3) is 0.500. The Labute approximate surface area is 151 Å². The summed E-state index contributed by atoms with van der Waals surface area (Å²) in [5, 5.41) is 1.93. The molecule has 2 aromatic rings. The van der Waals surface area contributed by atoms with E-state index in [-0.39, 0.29) is 5.91 Å². The summed E-state index contributed by atoms with van der Waals surface area (Å²) < 4.78 is 5.41. The van der Waals surface area contributed by atoms with Crippen molar-refractivity contribution in [3.8, 4) is 0 Å². The lowest BCUT2D eigenvalue weighted by molar-refractivity contribution is -0.131. The van der Waals surface area contributed by atoms with Gasteiger partial charge in [0.1, 0.15) is 10.9 Å². The molecule has 3 heterocycles. The second-order valence-corrected chi connectivity index (χ2v) is 7.34. The smallest absolute Gasteiger partial charge is 0.232 e. The Morgan fingerprint density at radius 3 is 2.68 bits per heavy atom. The molecule has 2 aliphatic heterocycles. The van der Waals surface area contributed by atoms with Gasteiger partial charge in [0.05, 0.1) is 31.0 Å². The molecule has 0 unspecified atom stereocenters. The number of thioether (sulfide) groups is 1. The van der Waals surface area contributed by atoms with Gasteiger partial charge in [-0.05, 0) is 12.5 Å². The highest BCUT2D eigenvalue weighted by Crippen LogP contribution is 2.26. The van der Waals surface area contributed by atoms with Crippen LogP contribution < -0.4 is 0 Å². The van der Waals surface area contributed by atoms with Gasteiger partial charge in [0.15, 0.2) is 0 Å². The minimum absolute atomic E-state index is 0.202. The molecular weight excluding hydrogens is 336 g/mol. The Morgan fingerprint density at radius 1 is 1.12 bits per heavy atom. The van der Waals surface area contributed by atoms with Crippen LogP contribution in [-0.2, 0) is 16.1 Å². The third-order valence-electron chi connectivity index (χ3n) is 4.62. The molecule has 0 aliphatic carbocycles. The summed E-state index contributed by atoms with van der Waals surface area (Å²) in [4.78, 5) is 25.9. The van der Waals surface area contributed by atoms with Crippen molar-refractivity contribution in [3.05, 3.63) is 30.1 Å². The molecule has 2 saturated heterocycles. The SMILES string of the molecule is O=C(CSc1nc(CN2CCOCC2)nc2ccccc12)N1CCC1. The zero-order valence-electron chi connectivity index (χ0n) is 14.2. The number of para-hydroxylation sites is 1. The summed E-state index contributed by atoms with van der Waals surface area (Å²) >= 11 is 1.53. The average molecular weight is 358 g/mol. The van der Waals surface area contributed by atoms with Gasteiger partial charge in [-0.25, -0.2) is 9.97 Å². The number of likely N-dealkylation sites (tertiary alicyclic amines) is 1. The van der Waals surface area contributed by atoms with E-state index in [1.165, 1.54) is 11.8 Å². The number of nitrogens with zero attached hydrogens (tertiary/aromatic N) is 4. The average Bonchev–Trinajstić information content (AvgIpc) is 2.59. The molecule has 2 aliphatic rings. The summed E-state index contributed by atoms with van der Waals surface area (Å²) in [7, 11) is 0. The fourth-order valence-corrected chi connectivity index (χ4v) is 3.96. The van der Waals surface area contributed by atoms with E-state index in [9.17, 15) is 4.79 Å². The summed E-state index contributed by atoms with van der Waals surface area (Å²) in [6, 6.07) is 8.04.